The lowest BCUT2D eigenvalue weighted by molar-refractivity contribution is -0.384. The molecule has 1 aliphatic heterocycles. The number of benzene rings is 1. The van der Waals surface area contributed by atoms with Crippen molar-refractivity contribution in [1.82, 2.24) is 15.3 Å². The molecule has 0 atom stereocenters. The molecule has 1 N–H and O–H groups in total. The molecule has 0 saturated heterocycles. The number of hydrogen-bond donors (Lipinski definition) is 1. The van der Waals surface area contributed by atoms with Crippen LogP contribution in [0.25, 0.3) is 0 Å². The highest BCUT2D eigenvalue weighted by atomic mass is 16.6. The molecule has 0 bridgehead atoms. The quantitative estimate of drug-likeness (QED) is 0.233. The largest absolute Gasteiger partial charge is 0.462 e. The summed E-state index contributed by atoms with van der Waals surface area (Å²) < 4.78 is 11.2. The Balaban J connectivity index is 1.61. The van der Waals surface area contributed by atoms with E-state index in [0.29, 0.717) is 29.8 Å². The number of non-ortho nitro benzene ring substituents is 1. The molecule has 0 spiro atoms. The number of ether oxygens (including phenoxy) is 2. The molecular formula is C29H28N4O6. The predicted octanol–water partition coefficient (Wildman–Crippen LogP) is 4.19. The van der Waals surface area contributed by atoms with E-state index in [2.05, 4.69) is 15.3 Å². The summed E-state index contributed by atoms with van der Waals surface area (Å²) in [6.45, 7) is 3.54. The van der Waals surface area contributed by atoms with Crippen molar-refractivity contribution in [2.24, 2.45) is 0 Å². The van der Waals surface area contributed by atoms with Crippen LogP contribution < -0.4 is 5.32 Å². The maximum absolute atomic E-state index is 13.4. The summed E-state index contributed by atoms with van der Waals surface area (Å²) >= 11 is 0. The Bertz CT molecular complexity index is 1340. The molecule has 39 heavy (non-hydrogen) atoms. The zero-order valence-electron chi connectivity index (χ0n) is 21.6. The summed E-state index contributed by atoms with van der Waals surface area (Å²) in [5.74, 6) is -2.21. The van der Waals surface area contributed by atoms with E-state index in [9.17, 15) is 19.7 Å². The summed E-state index contributed by atoms with van der Waals surface area (Å²) in [6, 6.07) is 16.8. The predicted molar refractivity (Wildman–Crippen MR) is 142 cm³/mol. The summed E-state index contributed by atoms with van der Waals surface area (Å²) in [5, 5.41) is 14.6. The molecule has 10 heteroatoms. The SMILES string of the molecule is CC1=C(C(=O)OCCc2ccccn2)C(c2cccc([N+](=O)[O-])c2)C(C(=O)OCCc2ccccn2)=C(C)N1. The van der Waals surface area contributed by atoms with Crippen molar-refractivity contribution >= 4 is 17.6 Å². The van der Waals surface area contributed by atoms with Gasteiger partial charge in [-0.25, -0.2) is 9.59 Å². The molecule has 3 aromatic rings. The van der Waals surface area contributed by atoms with Crippen molar-refractivity contribution in [3.05, 3.63) is 123 Å². The number of nitrogens with one attached hydrogen (secondary N) is 1. The van der Waals surface area contributed by atoms with Crippen LogP contribution in [0.4, 0.5) is 5.69 Å². The van der Waals surface area contributed by atoms with Gasteiger partial charge in [-0.15, -0.1) is 0 Å². The number of nitrogens with zero attached hydrogens (tertiary/aromatic N) is 3. The van der Waals surface area contributed by atoms with Crippen molar-refractivity contribution in [3.63, 3.8) is 0 Å². The molecule has 0 radical (unpaired) electrons. The highest BCUT2D eigenvalue weighted by molar-refractivity contribution is 6.00. The molecule has 0 unspecified atom stereocenters. The second-order valence-electron chi connectivity index (χ2n) is 8.90. The first-order valence-electron chi connectivity index (χ1n) is 12.4. The summed E-state index contributed by atoms with van der Waals surface area (Å²) in [7, 11) is 0. The van der Waals surface area contributed by atoms with E-state index in [1.54, 1.807) is 44.4 Å². The first-order chi connectivity index (χ1) is 18.8. The van der Waals surface area contributed by atoms with E-state index in [1.807, 2.05) is 24.3 Å². The fraction of sp³-hybridized carbons (Fsp3) is 0.241. The van der Waals surface area contributed by atoms with Crippen molar-refractivity contribution in [1.29, 1.82) is 0 Å². The molecular weight excluding hydrogens is 500 g/mol. The number of hydrogen-bond acceptors (Lipinski definition) is 9. The van der Waals surface area contributed by atoms with Crippen LogP contribution in [0.15, 0.2) is 95.6 Å². The Morgan fingerprint density at radius 3 is 1.85 bits per heavy atom. The number of carbonyl (C=O) groups is 2. The summed E-state index contributed by atoms with van der Waals surface area (Å²) in [6.07, 6.45) is 4.13. The molecule has 4 rings (SSSR count). The third-order valence-electron chi connectivity index (χ3n) is 6.25. The van der Waals surface area contributed by atoms with Gasteiger partial charge in [0.25, 0.3) is 5.69 Å². The first kappa shape index (κ1) is 27.2. The monoisotopic (exact) mass is 528 g/mol. The third-order valence-corrected chi connectivity index (χ3v) is 6.25. The third kappa shape index (κ3) is 6.72. The van der Waals surface area contributed by atoms with Crippen molar-refractivity contribution in [2.45, 2.75) is 32.6 Å². The highest BCUT2D eigenvalue weighted by Gasteiger charge is 2.38. The van der Waals surface area contributed by atoms with Gasteiger partial charge in [0.1, 0.15) is 0 Å². The fourth-order valence-corrected chi connectivity index (χ4v) is 4.43. The van der Waals surface area contributed by atoms with Gasteiger partial charge in [-0.05, 0) is 43.7 Å². The van der Waals surface area contributed by atoms with Gasteiger partial charge in [0.05, 0.1) is 35.2 Å². The number of dihydropyridines is 1. The molecule has 10 nitrogen and oxygen atoms in total. The van der Waals surface area contributed by atoms with Crippen molar-refractivity contribution < 1.29 is 24.0 Å². The van der Waals surface area contributed by atoms with E-state index < -0.39 is 22.8 Å². The van der Waals surface area contributed by atoms with Crippen LogP contribution in [-0.4, -0.2) is 40.0 Å². The number of pyridine rings is 2. The fourth-order valence-electron chi connectivity index (χ4n) is 4.43. The minimum atomic E-state index is -0.934. The second-order valence-corrected chi connectivity index (χ2v) is 8.90. The van der Waals surface area contributed by atoms with Gasteiger partial charge < -0.3 is 14.8 Å². The molecule has 0 amide bonds. The van der Waals surface area contributed by atoms with Crippen molar-refractivity contribution in [2.75, 3.05) is 13.2 Å². The van der Waals surface area contributed by atoms with Crippen LogP contribution >= 0.6 is 0 Å². The van der Waals surface area contributed by atoms with Crippen LogP contribution in [0.2, 0.25) is 0 Å². The molecule has 200 valence electrons. The molecule has 2 aromatic heterocycles. The number of carbonyl (C=O) groups excluding carboxylic acids is 2. The lowest BCUT2D eigenvalue weighted by Crippen LogP contribution is -2.33. The lowest BCUT2D eigenvalue weighted by atomic mass is 9.80. The van der Waals surface area contributed by atoms with Crippen LogP contribution in [-0.2, 0) is 31.9 Å². The maximum atomic E-state index is 13.4. The minimum Gasteiger partial charge on any atom is -0.462 e. The van der Waals surface area contributed by atoms with Gasteiger partial charge in [-0.3, -0.25) is 20.1 Å². The van der Waals surface area contributed by atoms with Crippen molar-refractivity contribution in [3.8, 4) is 0 Å². The zero-order chi connectivity index (χ0) is 27.8. The Kier molecular flexibility index (Phi) is 8.78. The topological polar surface area (TPSA) is 134 Å². The van der Waals surface area contributed by atoms with Gasteiger partial charge in [0.2, 0.25) is 0 Å². The van der Waals surface area contributed by atoms with Crippen LogP contribution in [0.5, 0.6) is 0 Å². The molecule has 0 fully saturated rings. The van der Waals surface area contributed by atoms with E-state index >= 15 is 0 Å². The van der Waals surface area contributed by atoms with Crippen LogP contribution in [0.3, 0.4) is 0 Å². The second kappa shape index (κ2) is 12.6. The molecule has 3 heterocycles. The summed E-state index contributed by atoms with van der Waals surface area (Å²) in [5.41, 5.74) is 3.10. The Morgan fingerprint density at radius 2 is 1.38 bits per heavy atom. The Morgan fingerprint density at radius 1 is 0.846 bits per heavy atom. The first-order valence-corrected chi connectivity index (χ1v) is 12.4. The standard InChI is InChI=1S/C29H28N4O6/c1-19-25(28(34)38-16-12-22-9-3-5-14-30-22)27(21-8-7-11-24(18-21)33(36)37)26(20(2)32-19)29(35)39-17-13-23-10-4-6-15-31-23/h3-11,14-15,18,27,32H,12-13,16-17H2,1-2H3. The lowest BCUT2D eigenvalue weighted by Gasteiger charge is -2.30. The average molecular weight is 529 g/mol. The van der Waals surface area contributed by atoms with Crippen LogP contribution in [0, 0.1) is 10.1 Å². The van der Waals surface area contributed by atoms with Crippen LogP contribution in [0.1, 0.15) is 36.7 Å². The Hall–Kier alpha value is -4.86. The summed E-state index contributed by atoms with van der Waals surface area (Å²) in [4.78, 5) is 46.3. The maximum Gasteiger partial charge on any atom is 0.336 e. The molecule has 1 aromatic carbocycles. The number of allylic oxidation sites excluding steroid dienone is 2. The van der Waals surface area contributed by atoms with Gasteiger partial charge in [0, 0.05) is 60.1 Å². The minimum absolute atomic E-state index is 0.0703. The number of rotatable bonds is 10. The number of esters is 2. The van der Waals surface area contributed by atoms with E-state index in [-0.39, 0.29) is 30.0 Å². The van der Waals surface area contributed by atoms with Gasteiger partial charge in [-0.1, -0.05) is 24.3 Å². The smallest absolute Gasteiger partial charge is 0.336 e. The number of aromatic nitrogens is 2. The molecule has 0 aliphatic carbocycles. The number of nitro benzene ring substituents is 1. The molecule has 0 saturated carbocycles. The highest BCUT2D eigenvalue weighted by Crippen LogP contribution is 2.40. The van der Waals surface area contributed by atoms with E-state index in [0.717, 1.165) is 11.4 Å². The normalized spacial score (nSPS) is 13.6. The number of nitro groups is 1. The Labute approximate surface area is 225 Å². The van der Waals surface area contributed by atoms with Gasteiger partial charge in [-0.2, -0.15) is 0 Å². The van der Waals surface area contributed by atoms with Gasteiger partial charge >= 0.3 is 11.9 Å². The molecule has 1 aliphatic rings. The zero-order valence-corrected chi connectivity index (χ0v) is 21.6. The van der Waals surface area contributed by atoms with Gasteiger partial charge in [0.15, 0.2) is 0 Å². The average Bonchev–Trinajstić information content (AvgIpc) is 2.93. The van der Waals surface area contributed by atoms with E-state index in [4.69, 9.17) is 9.47 Å². The van der Waals surface area contributed by atoms with E-state index in [1.165, 1.54) is 18.2 Å².